The SMILES string of the molecule is O=S1(=O)CCCC(n2cnnc2Cl)C1. The molecule has 1 aromatic heterocycles. The molecule has 1 atom stereocenters. The third-order valence-electron chi connectivity index (χ3n) is 2.36. The molecule has 0 radical (unpaired) electrons. The molecule has 2 heterocycles. The van der Waals surface area contributed by atoms with Crippen molar-refractivity contribution in [3.63, 3.8) is 0 Å². The van der Waals surface area contributed by atoms with Gasteiger partial charge in [-0.2, -0.15) is 0 Å². The molecule has 2 rings (SSSR count). The predicted octanol–water partition coefficient (Wildman–Crippen LogP) is 0.681. The van der Waals surface area contributed by atoms with E-state index in [4.69, 9.17) is 11.6 Å². The highest BCUT2D eigenvalue weighted by Gasteiger charge is 2.27. The lowest BCUT2D eigenvalue weighted by atomic mass is 10.2. The molecule has 1 aliphatic heterocycles. The molecule has 0 N–H and O–H groups in total. The molecule has 1 fully saturated rings. The molecule has 5 nitrogen and oxygen atoms in total. The first-order valence-electron chi connectivity index (χ1n) is 4.34. The molecule has 7 heteroatoms. The second-order valence-electron chi connectivity index (χ2n) is 3.42. The Labute approximate surface area is 87.0 Å². The van der Waals surface area contributed by atoms with Gasteiger partial charge in [0, 0.05) is 0 Å². The molecule has 14 heavy (non-hydrogen) atoms. The fourth-order valence-corrected chi connectivity index (χ4v) is 3.60. The van der Waals surface area contributed by atoms with Crippen molar-refractivity contribution in [3.8, 4) is 0 Å². The fraction of sp³-hybridized carbons (Fsp3) is 0.714. The molecule has 0 aliphatic carbocycles. The standard InChI is InChI=1S/C7H10ClN3O2S/c8-7-10-9-5-11(7)6-2-1-3-14(12,13)4-6/h5-6H,1-4H2. The van der Waals surface area contributed by atoms with Crippen LogP contribution in [0.2, 0.25) is 5.28 Å². The van der Waals surface area contributed by atoms with E-state index >= 15 is 0 Å². The minimum Gasteiger partial charge on any atom is -0.300 e. The summed E-state index contributed by atoms with van der Waals surface area (Å²) in [6, 6.07) is -0.101. The second-order valence-corrected chi connectivity index (χ2v) is 5.98. The Kier molecular flexibility index (Phi) is 2.48. The van der Waals surface area contributed by atoms with Gasteiger partial charge in [0.05, 0.1) is 17.5 Å². The van der Waals surface area contributed by atoms with Crippen LogP contribution in [0, 0.1) is 0 Å². The van der Waals surface area contributed by atoms with E-state index in [2.05, 4.69) is 10.2 Å². The molecule has 1 aromatic rings. The summed E-state index contributed by atoms with van der Waals surface area (Å²) < 4.78 is 24.4. The van der Waals surface area contributed by atoms with Crippen molar-refractivity contribution in [3.05, 3.63) is 11.6 Å². The molecule has 78 valence electrons. The zero-order chi connectivity index (χ0) is 10.2. The summed E-state index contributed by atoms with van der Waals surface area (Å²) in [7, 11) is -2.91. The van der Waals surface area contributed by atoms with Gasteiger partial charge in [-0.1, -0.05) is 0 Å². The van der Waals surface area contributed by atoms with E-state index in [1.165, 1.54) is 6.33 Å². The Hall–Kier alpha value is -0.620. The first-order valence-corrected chi connectivity index (χ1v) is 6.54. The van der Waals surface area contributed by atoms with Gasteiger partial charge in [0.2, 0.25) is 5.28 Å². The van der Waals surface area contributed by atoms with E-state index in [1.807, 2.05) is 0 Å². The maximum Gasteiger partial charge on any atom is 0.225 e. The normalized spacial score (nSPS) is 26.2. The van der Waals surface area contributed by atoms with Crippen LogP contribution in [0.25, 0.3) is 0 Å². The van der Waals surface area contributed by atoms with Crippen molar-refractivity contribution < 1.29 is 8.42 Å². The molecular weight excluding hydrogens is 226 g/mol. The van der Waals surface area contributed by atoms with Crippen LogP contribution in [-0.2, 0) is 9.84 Å². The summed E-state index contributed by atoms with van der Waals surface area (Å²) in [6.07, 6.45) is 2.98. The van der Waals surface area contributed by atoms with Gasteiger partial charge in [0.15, 0.2) is 9.84 Å². The molecule has 0 bridgehead atoms. The van der Waals surface area contributed by atoms with Crippen molar-refractivity contribution in [2.24, 2.45) is 0 Å². The van der Waals surface area contributed by atoms with E-state index in [9.17, 15) is 8.42 Å². The summed E-state index contributed by atoms with van der Waals surface area (Å²) in [5.41, 5.74) is 0. The van der Waals surface area contributed by atoms with Crippen molar-refractivity contribution >= 4 is 21.4 Å². The van der Waals surface area contributed by atoms with Crippen molar-refractivity contribution in [2.75, 3.05) is 11.5 Å². The molecular formula is C7H10ClN3O2S. The number of nitrogens with zero attached hydrogens (tertiary/aromatic N) is 3. The monoisotopic (exact) mass is 235 g/mol. The van der Waals surface area contributed by atoms with Crippen LogP contribution in [-0.4, -0.2) is 34.7 Å². The summed E-state index contributed by atoms with van der Waals surface area (Å²) >= 11 is 5.76. The van der Waals surface area contributed by atoms with Gasteiger partial charge >= 0.3 is 0 Å². The Morgan fingerprint density at radius 3 is 2.93 bits per heavy atom. The van der Waals surface area contributed by atoms with Crippen LogP contribution < -0.4 is 0 Å². The minimum absolute atomic E-state index is 0.101. The van der Waals surface area contributed by atoms with Crippen molar-refractivity contribution in [2.45, 2.75) is 18.9 Å². The number of halogens is 1. The summed E-state index contributed by atoms with van der Waals surface area (Å²) in [4.78, 5) is 0. The van der Waals surface area contributed by atoms with Crippen LogP contribution in [0.5, 0.6) is 0 Å². The van der Waals surface area contributed by atoms with Crippen molar-refractivity contribution in [1.82, 2.24) is 14.8 Å². The van der Waals surface area contributed by atoms with E-state index in [0.29, 0.717) is 6.42 Å². The maximum atomic E-state index is 11.4. The minimum atomic E-state index is -2.91. The van der Waals surface area contributed by atoms with Gasteiger partial charge in [-0.15, -0.1) is 10.2 Å². The van der Waals surface area contributed by atoms with E-state index < -0.39 is 9.84 Å². The highest BCUT2D eigenvalue weighted by molar-refractivity contribution is 7.91. The topological polar surface area (TPSA) is 64.8 Å². The van der Waals surface area contributed by atoms with E-state index in [0.717, 1.165) is 6.42 Å². The van der Waals surface area contributed by atoms with Crippen LogP contribution in [0.3, 0.4) is 0 Å². The van der Waals surface area contributed by atoms with Gasteiger partial charge in [0.25, 0.3) is 0 Å². The Morgan fingerprint density at radius 1 is 1.57 bits per heavy atom. The van der Waals surface area contributed by atoms with E-state index in [-0.39, 0.29) is 22.8 Å². The zero-order valence-corrected chi connectivity index (χ0v) is 9.00. The second kappa shape index (κ2) is 3.51. The maximum absolute atomic E-state index is 11.4. The number of rotatable bonds is 1. The molecule has 1 saturated heterocycles. The highest BCUT2D eigenvalue weighted by Crippen LogP contribution is 2.24. The van der Waals surface area contributed by atoms with Crippen LogP contribution in [0.4, 0.5) is 0 Å². The first-order chi connectivity index (χ1) is 6.58. The van der Waals surface area contributed by atoms with Gasteiger partial charge in [-0.3, -0.25) is 0 Å². The Morgan fingerprint density at radius 2 is 2.36 bits per heavy atom. The fourth-order valence-electron chi connectivity index (χ4n) is 1.69. The summed E-state index contributed by atoms with van der Waals surface area (Å²) in [5, 5.41) is 7.51. The Bertz CT molecular complexity index is 428. The smallest absolute Gasteiger partial charge is 0.225 e. The van der Waals surface area contributed by atoms with Gasteiger partial charge in [0.1, 0.15) is 6.33 Å². The zero-order valence-electron chi connectivity index (χ0n) is 7.43. The van der Waals surface area contributed by atoms with Crippen LogP contribution >= 0.6 is 11.6 Å². The van der Waals surface area contributed by atoms with Gasteiger partial charge in [-0.25, -0.2) is 8.42 Å². The average molecular weight is 236 g/mol. The summed E-state index contributed by atoms with van der Waals surface area (Å²) in [5.74, 6) is 0.425. The molecule has 0 aromatic carbocycles. The average Bonchev–Trinajstić information content (AvgIpc) is 2.49. The lowest BCUT2D eigenvalue weighted by molar-refractivity contribution is 0.469. The molecule has 0 spiro atoms. The third kappa shape index (κ3) is 1.90. The molecule has 1 aliphatic rings. The molecule has 1 unspecified atom stereocenters. The number of sulfone groups is 1. The predicted molar refractivity (Wildman–Crippen MR) is 52.0 cm³/mol. The number of aromatic nitrogens is 3. The number of hydrogen-bond donors (Lipinski definition) is 0. The largest absolute Gasteiger partial charge is 0.300 e. The lowest BCUT2D eigenvalue weighted by Crippen LogP contribution is -2.27. The lowest BCUT2D eigenvalue weighted by Gasteiger charge is -2.22. The van der Waals surface area contributed by atoms with Crippen LogP contribution in [0.15, 0.2) is 6.33 Å². The molecule has 0 amide bonds. The third-order valence-corrected chi connectivity index (χ3v) is 4.44. The van der Waals surface area contributed by atoms with Crippen molar-refractivity contribution in [1.29, 1.82) is 0 Å². The quantitative estimate of drug-likeness (QED) is 0.718. The van der Waals surface area contributed by atoms with E-state index in [1.54, 1.807) is 4.57 Å². The highest BCUT2D eigenvalue weighted by atomic mass is 35.5. The van der Waals surface area contributed by atoms with Gasteiger partial charge < -0.3 is 4.57 Å². The summed E-state index contributed by atoms with van der Waals surface area (Å²) in [6.45, 7) is 0. The first kappa shape index (κ1) is 9.92. The number of hydrogen-bond acceptors (Lipinski definition) is 4. The Balaban J connectivity index is 2.24. The van der Waals surface area contributed by atoms with Gasteiger partial charge in [-0.05, 0) is 24.4 Å². The van der Waals surface area contributed by atoms with Crippen LogP contribution in [0.1, 0.15) is 18.9 Å². The molecule has 0 saturated carbocycles.